The fraction of sp³-hybridized carbons (Fsp3) is 0.106. The topological polar surface area (TPSA) is 102 Å². The maximum absolute atomic E-state index is 5.42. The van der Waals surface area contributed by atoms with Crippen LogP contribution >= 0.6 is 23.1 Å². The lowest BCUT2D eigenvalue weighted by molar-refractivity contribution is 0.152. The zero-order valence-electron chi connectivity index (χ0n) is 58.5. The normalized spacial score (nSPS) is 18.0. The zero-order chi connectivity index (χ0) is 70.4. The lowest BCUT2D eigenvalue weighted by Crippen LogP contribution is -2.57. The molecule has 24 rings (SSSR count). The van der Waals surface area contributed by atoms with E-state index in [1.165, 1.54) is 106 Å². The summed E-state index contributed by atoms with van der Waals surface area (Å²) in [5, 5.41) is 19.2. The van der Waals surface area contributed by atoms with Gasteiger partial charge < -0.3 is 28.5 Å². The third-order valence-corrected chi connectivity index (χ3v) is 26.3. The summed E-state index contributed by atoms with van der Waals surface area (Å²) >= 11 is 3.65. The number of hydrogen-bond acceptors (Lipinski definition) is 9. The third-order valence-electron chi connectivity index (χ3n) is 23.9. The second-order valence-electron chi connectivity index (χ2n) is 29.4. The van der Waals surface area contributed by atoms with Gasteiger partial charge in [-0.05, 0) is 157 Å². The number of thiazole rings is 1. The summed E-state index contributed by atoms with van der Waals surface area (Å²) in [6, 6.07) is 109. The number of aliphatic imine (C=N–C) groups is 1. The van der Waals surface area contributed by atoms with Crippen molar-refractivity contribution < 1.29 is 0 Å². The minimum atomic E-state index is 0.169. The fourth-order valence-electron chi connectivity index (χ4n) is 19.3. The van der Waals surface area contributed by atoms with E-state index in [-0.39, 0.29) is 6.04 Å². The van der Waals surface area contributed by atoms with Crippen molar-refractivity contribution in [3.63, 3.8) is 0 Å². The number of nitrogens with one attached hydrogen (secondary N) is 2. The molecule has 3 saturated heterocycles. The summed E-state index contributed by atoms with van der Waals surface area (Å²) in [5.41, 5.74) is 26.7. The monoisotopic (exact) mass is 1430 g/mol. The van der Waals surface area contributed by atoms with Gasteiger partial charge >= 0.3 is 0 Å². The van der Waals surface area contributed by atoms with Crippen LogP contribution in [-0.2, 0) is 0 Å². The first kappa shape index (κ1) is 60.8. The maximum atomic E-state index is 5.42. The molecule has 14 heteroatoms. The molecule has 0 aliphatic carbocycles. The summed E-state index contributed by atoms with van der Waals surface area (Å²) in [6.45, 7) is 2.04. The molecule has 11 heterocycles. The highest BCUT2D eigenvalue weighted by Crippen LogP contribution is 2.51. The average molecular weight is 1430 g/mol. The van der Waals surface area contributed by atoms with Gasteiger partial charge in [0.05, 0.1) is 83.5 Å². The van der Waals surface area contributed by atoms with Crippen molar-refractivity contribution in [1.82, 2.24) is 53.2 Å². The standard InChI is InChI=1S/C94H66N12S2/c1-3-29-69(87-89-85(47-49-95-87)106-91-73(31-19-48-96-91)99-93(106)107-89)59(20-1)61-22-5-15-35-78(61)103-81-38-18-11-28-67(81)72-53-58(42-46-83(72)103)102-77-34-14-9-26-65(77)68-43-39-56(51-86(68)102)55-40-44-84-74(50-55)100-94-105(84)92-90(108-94)88(97-54-98-92)70-30-4-2-21-60(70)62-23-6-16-36-79(62)104-80-37-17-10-27-66(80)71-52-57(41-45-82(71)104)101-75-32-12-7-24-63(75)64-25-8-13-33-76(64)101/h1-18,20-30,32-46,50-54,73,85,87,89,91,95-96H,19,31,47-49H2. The number of hydrogen-bond donors (Lipinski definition) is 2. The average Bonchev–Trinajstić information content (AvgIpc) is 1.55. The van der Waals surface area contributed by atoms with Gasteiger partial charge in [-0.1, -0.05) is 217 Å². The molecule has 2 N–H and O–H groups in total. The Kier molecular flexibility index (Phi) is 13.2. The Labute approximate surface area is 628 Å². The molecule has 13 aromatic carbocycles. The lowest BCUT2D eigenvalue weighted by atomic mass is 9.87. The van der Waals surface area contributed by atoms with Crippen LogP contribution < -0.4 is 10.6 Å². The Morgan fingerprint density at radius 2 is 0.898 bits per heavy atom. The number of rotatable bonds is 9. The van der Waals surface area contributed by atoms with Crippen LogP contribution in [0.25, 0.3) is 181 Å². The van der Waals surface area contributed by atoms with Crippen LogP contribution in [0.4, 0.5) is 0 Å². The molecule has 108 heavy (non-hydrogen) atoms. The van der Waals surface area contributed by atoms with E-state index in [1.54, 1.807) is 17.7 Å². The van der Waals surface area contributed by atoms with E-state index in [2.05, 4.69) is 329 Å². The highest BCUT2D eigenvalue weighted by molar-refractivity contribution is 8.14. The molecule has 3 fully saturated rings. The molecule has 0 radical (unpaired) electrons. The van der Waals surface area contributed by atoms with Crippen molar-refractivity contribution in [2.24, 2.45) is 4.99 Å². The molecule has 4 aliphatic heterocycles. The van der Waals surface area contributed by atoms with Crippen LogP contribution in [0, 0.1) is 0 Å². The molecule has 0 saturated carbocycles. The van der Waals surface area contributed by atoms with Crippen LogP contribution in [0.15, 0.2) is 303 Å². The molecule has 5 unspecified atom stereocenters. The molecule has 20 aromatic rings. The predicted molar refractivity (Wildman–Crippen MR) is 447 cm³/mol. The Balaban J connectivity index is 0.579. The molecule has 4 aliphatic rings. The minimum Gasteiger partial charge on any atom is -0.329 e. The van der Waals surface area contributed by atoms with Crippen molar-refractivity contribution in [2.75, 3.05) is 13.1 Å². The fourth-order valence-corrected chi connectivity index (χ4v) is 22.0. The van der Waals surface area contributed by atoms with Gasteiger partial charge in [-0.2, -0.15) is 0 Å². The van der Waals surface area contributed by atoms with Crippen molar-refractivity contribution in [1.29, 1.82) is 0 Å². The first-order valence-electron chi connectivity index (χ1n) is 37.6. The number of fused-ring (bicyclic) bond motifs is 22. The highest BCUT2D eigenvalue weighted by Gasteiger charge is 2.53. The Morgan fingerprint density at radius 3 is 1.56 bits per heavy atom. The van der Waals surface area contributed by atoms with E-state index in [0.717, 1.165) is 118 Å². The molecule has 0 spiro atoms. The smallest absolute Gasteiger partial charge is 0.197 e. The summed E-state index contributed by atoms with van der Waals surface area (Å²) < 4.78 is 13.0. The molecule has 0 amide bonds. The molecule has 12 nitrogen and oxygen atoms in total. The van der Waals surface area contributed by atoms with Crippen molar-refractivity contribution in [3.8, 4) is 67.4 Å². The number of imidazole rings is 1. The van der Waals surface area contributed by atoms with E-state index in [9.17, 15) is 0 Å². The molecule has 7 aromatic heterocycles. The largest absolute Gasteiger partial charge is 0.329 e. The van der Waals surface area contributed by atoms with Crippen LogP contribution in [-0.4, -0.2) is 84.3 Å². The second-order valence-corrected chi connectivity index (χ2v) is 31.6. The van der Waals surface area contributed by atoms with Crippen LogP contribution in [0.5, 0.6) is 0 Å². The van der Waals surface area contributed by atoms with Gasteiger partial charge in [0, 0.05) is 83.2 Å². The summed E-state index contributed by atoms with van der Waals surface area (Å²) in [4.78, 5) is 24.5. The Bertz CT molecular complexity index is 7190. The summed E-state index contributed by atoms with van der Waals surface area (Å²) in [6.07, 6.45) is 5.52. The lowest BCUT2D eigenvalue weighted by Gasteiger charge is -2.41. The van der Waals surface area contributed by atoms with Gasteiger partial charge in [0.25, 0.3) is 0 Å². The molecule has 5 atom stereocenters. The number of amidine groups is 1. The van der Waals surface area contributed by atoms with Crippen LogP contribution in [0.2, 0.25) is 0 Å². The van der Waals surface area contributed by atoms with Gasteiger partial charge in [-0.25, -0.2) is 15.0 Å². The molecule has 0 bridgehead atoms. The van der Waals surface area contributed by atoms with Crippen molar-refractivity contribution in [2.45, 2.75) is 48.8 Å². The maximum Gasteiger partial charge on any atom is 0.197 e. The highest BCUT2D eigenvalue weighted by atomic mass is 32.2. The second kappa shape index (κ2) is 23.5. The molecular formula is C94H66N12S2. The molecule has 514 valence electrons. The number of benzene rings is 13. The zero-order valence-corrected chi connectivity index (χ0v) is 60.1. The summed E-state index contributed by atoms with van der Waals surface area (Å²) in [5.74, 6) is 0. The Hall–Kier alpha value is -12.4. The van der Waals surface area contributed by atoms with E-state index < -0.39 is 0 Å². The Morgan fingerprint density at radius 1 is 0.389 bits per heavy atom. The number of thioether (sulfide) groups is 1. The number of nitrogens with zero attached hydrogens (tertiary/aromatic N) is 10. The van der Waals surface area contributed by atoms with Gasteiger partial charge in [0.15, 0.2) is 15.8 Å². The van der Waals surface area contributed by atoms with Crippen molar-refractivity contribution in [3.05, 3.63) is 303 Å². The molecular weight excluding hydrogens is 1360 g/mol. The minimum absolute atomic E-state index is 0.169. The van der Waals surface area contributed by atoms with Crippen LogP contribution in [0.1, 0.15) is 30.9 Å². The number of piperidine rings is 2. The van der Waals surface area contributed by atoms with Gasteiger partial charge in [-0.3, -0.25) is 14.7 Å². The van der Waals surface area contributed by atoms with Gasteiger partial charge in [0.1, 0.15) is 17.2 Å². The first-order valence-corrected chi connectivity index (χ1v) is 39.3. The van der Waals surface area contributed by atoms with E-state index in [4.69, 9.17) is 19.9 Å². The van der Waals surface area contributed by atoms with Gasteiger partial charge in [-0.15, -0.1) is 0 Å². The van der Waals surface area contributed by atoms with E-state index in [0.29, 0.717) is 23.5 Å². The van der Waals surface area contributed by atoms with Crippen LogP contribution in [0.3, 0.4) is 0 Å². The first-order chi connectivity index (χ1) is 53.6. The van der Waals surface area contributed by atoms with Gasteiger partial charge in [0.2, 0.25) is 0 Å². The van der Waals surface area contributed by atoms with E-state index in [1.807, 2.05) is 11.8 Å². The number of para-hydroxylation sites is 7. The predicted octanol–water partition coefficient (Wildman–Crippen LogP) is 21.8. The summed E-state index contributed by atoms with van der Waals surface area (Å²) in [7, 11) is 0. The quantitative estimate of drug-likeness (QED) is 0.148. The number of aromatic nitrogens is 8. The van der Waals surface area contributed by atoms with Crippen molar-refractivity contribution >= 4 is 142 Å². The third kappa shape index (κ3) is 8.82. The van der Waals surface area contributed by atoms with E-state index >= 15 is 0 Å². The SMILES string of the molecule is c1ccc(-c2ncnc3c2sc2nc4cc(-c5ccc6c7ccccc7n(-c7ccc8c(c7)c7ccccc7n8-c7ccccc7-c7ccccc7C7NCCC8C7SC7=NC9CCCNC9N78)c6c5)ccc4n23)c(-c2ccccc2-n2c3ccccc3c3cc(-n4c5ccccc5c5ccccc54)ccc32)c1.